The maximum absolute atomic E-state index is 5.75. The van der Waals surface area contributed by atoms with Gasteiger partial charge < -0.3 is 14.8 Å². The van der Waals surface area contributed by atoms with Crippen LogP contribution in [0.5, 0.6) is 0 Å². The molecular weight excluding hydrogens is 260 g/mol. The zero-order valence-corrected chi connectivity index (χ0v) is 12.3. The molecule has 5 heteroatoms. The van der Waals surface area contributed by atoms with Crippen LogP contribution in [0.4, 0.5) is 0 Å². The molecule has 1 saturated carbocycles. The Labute approximate surface area is 118 Å². The van der Waals surface area contributed by atoms with E-state index in [0.717, 1.165) is 56.9 Å². The average molecular weight is 282 g/mol. The van der Waals surface area contributed by atoms with Gasteiger partial charge in [-0.2, -0.15) is 0 Å². The van der Waals surface area contributed by atoms with Gasteiger partial charge in [-0.3, -0.25) is 0 Å². The molecule has 106 valence electrons. The highest BCUT2D eigenvalue weighted by Gasteiger charge is 2.39. The Morgan fingerprint density at radius 1 is 1.37 bits per heavy atom. The lowest BCUT2D eigenvalue weighted by molar-refractivity contribution is -0.179. The van der Waals surface area contributed by atoms with Gasteiger partial charge >= 0.3 is 0 Å². The van der Waals surface area contributed by atoms with E-state index in [0.29, 0.717) is 6.04 Å². The van der Waals surface area contributed by atoms with E-state index in [2.05, 4.69) is 22.6 Å². The molecule has 1 saturated heterocycles. The minimum absolute atomic E-state index is 0.232. The fourth-order valence-corrected chi connectivity index (χ4v) is 3.62. The van der Waals surface area contributed by atoms with E-state index in [9.17, 15) is 0 Å². The summed E-state index contributed by atoms with van der Waals surface area (Å²) in [7, 11) is 0. The first kappa shape index (κ1) is 13.5. The molecule has 2 fully saturated rings. The minimum Gasteiger partial charge on any atom is -0.348 e. The number of rotatable bonds is 4. The first-order valence-electron chi connectivity index (χ1n) is 7.18. The molecule has 2 aliphatic rings. The summed E-state index contributed by atoms with van der Waals surface area (Å²) in [6.45, 7) is 4.61. The summed E-state index contributed by atoms with van der Waals surface area (Å²) in [6, 6.07) is 0.609. The molecule has 3 rings (SSSR count). The number of thiazole rings is 1. The summed E-state index contributed by atoms with van der Waals surface area (Å²) in [6.07, 6.45) is 5.38. The third kappa shape index (κ3) is 3.34. The van der Waals surface area contributed by atoms with Crippen LogP contribution in [0.25, 0.3) is 0 Å². The summed E-state index contributed by atoms with van der Waals surface area (Å²) in [5.41, 5.74) is 1.21. The van der Waals surface area contributed by atoms with Gasteiger partial charge in [0.15, 0.2) is 5.79 Å². The van der Waals surface area contributed by atoms with Gasteiger partial charge in [0, 0.05) is 37.2 Å². The van der Waals surface area contributed by atoms with E-state index in [-0.39, 0.29) is 5.79 Å². The van der Waals surface area contributed by atoms with Gasteiger partial charge in [-0.05, 0) is 19.8 Å². The first-order valence-corrected chi connectivity index (χ1v) is 8.06. The van der Waals surface area contributed by atoms with Crippen molar-refractivity contribution in [3.05, 3.63) is 16.1 Å². The predicted octanol–water partition coefficient (Wildman–Crippen LogP) is 2.27. The van der Waals surface area contributed by atoms with Gasteiger partial charge in [-0.15, -0.1) is 11.3 Å². The molecule has 1 aliphatic heterocycles. The molecular formula is C14H22N2O2S. The highest BCUT2D eigenvalue weighted by atomic mass is 32.1. The monoisotopic (exact) mass is 282 g/mol. The molecule has 4 nitrogen and oxygen atoms in total. The lowest BCUT2D eigenvalue weighted by Gasteiger charge is -2.35. The Kier molecular flexibility index (Phi) is 4.17. The van der Waals surface area contributed by atoms with Crippen molar-refractivity contribution in [2.45, 2.75) is 50.9 Å². The zero-order valence-electron chi connectivity index (χ0n) is 11.5. The van der Waals surface area contributed by atoms with Crippen molar-refractivity contribution in [1.29, 1.82) is 0 Å². The maximum atomic E-state index is 5.75. The van der Waals surface area contributed by atoms with Crippen molar-refractivity contribution in [2.24, 2.45) is 0 Å². The predicted molar refractivity (Wildman–Crippen MR) is 75.4 cm³/mol. The van der Waals surface area contributed by atoms with Crippen molar-refractivity contribution in [3.63, 3.8) is 0 Å². The molecule has 2 heterocycles. The second kappa shape index (κ2) is 5.87. The molecule has 0 unspecified atom stereocenters. The Balaban J connectivity index is 1.38. The summed E-state index contributed by atoms with van der Waals surface area (Å²) >= 11 is 1.73. The molecule has 0 aromatic carbocycles. The van der Waals surface area contributed by atoms with E-state index < -0.39 is 0 Å². The second-order valence-electron chi connectivity index (χ2n) is 5.44. The lowest BCUT2D eigenvalue weighted by Crippen LogP contribution is -2.42. The van der Waals surface area contributed by atoms with Crippen molar-refractivity contribution in [3.8, 4) is 0 Å². The van der Waals surface area contributed by atoms with Gasteiger partial charge in [0.2, 0.25) is 0 Å². The van der Waals surface area contributed by atoms with Gasteiger partial charge in [-0.1, -0.05) is 0 Å². The molecule has 0 bridgehead atoms. The Hall–Kier alpha value is -0.490. The summed E-state index contributed by atoms with van der Waals surface area (Å²) in [5.74, 6) is -0.232. The maximum Gasteiger partial charge on any atom is 0.168 e. The highest BCUT2D eigenvalue weighted by Crippen LogP contribution is 2.35. The fraction of sp³-hybridized carbons (Fsp3) is 0.786. The summed E-state index contributed by atoms with van der Waals surface area (Å²) < 4.78 is 11.5. The number of aryl methyl sites for hydroxylation is 1. The van der Waals surface area contributed by atoms with Crippen LogP contribution in [0.1, 0.15) is 36.4 Å². The third-order valence-electron chi connectivity index (χ3n) is 4.04. The smallest absolute Gasteiger partial charge is 0.168 e. The van der Waals surface area contributed by atoms with Crippen molar-refractivity contribution < 1.29 is 9.47 Å². The van der Waals surface area contributed by atoms with Crippen LogP contribution in [0, 0.1) is 6.92 Å². The SMILES string of the molecule is Cc1nc(CCNC2CCC3(CC2)OCCO3)cs1. The van der Waals surface area contributed by atoms with E-state index >= 15 is 0 Å². The van der Waals surface area contributed by atoms with Crippen LogP contribution in [-0.2, 0) is 15.9 Å². The molecule has 1 aromatic rings. The van der Waals surface area contributed by atoms with E-state index in [1.54, 1.807) is 11.3 Å². The number of ether oxygens (including phenoxy) is 2. The van der Waals surface area contributed by atoms with Crippen LogP contribution in [0.3, 0.4) is 0 Å². The van der Waals surface area contributed by atoms with Crippen molar-refractivity contribution >= 4 is 11.3 Å². The van der Waals surface area contributed by atoms with E-state index in [4.69, 9.17) is 9.47 Å². The molecule has 0 radical (unpaired) electrons. The molecule has 1 spiro atoms. The summed E-state index contributed by atoms with van der Waals surface area (Å²) in [4.78, 5) is 4.49. The van der Waals surface area contributed by atoms with E-state index in [1.807, 2.05) is 0 Å². The number of hydrogen-bond acceptors (Lipinski definition) is 5. The Morgan fingerprint density at radius 3 is 2.74 bits per heavy atom. The van der Waals surface area contributed by atoms with Crippen LogP contribution in [0.2, 0.25) is 0 Å². The largest absolute Gasteiger partial charge is 0.348 e. The molecule has 1 aromatic heterocycles. The average Bonchev–Trinajstić information content (AvgIpc) is 3.02. The van der Waals surface area contributed by atoms with Crippen LogP contribution < -0.4 is 5.32 Å². The lowest BCUT2D eigenvalue weighted by atomic mass is 9.90. The summed E-state index contributed by atoms with van der Waals surface area (Å²) in [5, 5.41) is 6.96. The number of nitrogens with one attached hydrogen (secondary N) is 1. The molecule has 1 aliphatic carbocycles. The van der Waals surface area contributed by atoms with Crippen molar-refractivity contribution in [1.82, 2.24) is 10.3 Å². The highest BCUT2D eigenvalue weighted by molar-refractivity contribution is 7.09. The normalized spacial score (nSPS) is 23.2. The first-order chi connectivity index (χ1) is 9.26. The van der Waals surface area contributed by atoms with Gasteiger partial charge in [0.1, 0.15) is 0 Å². The Morgan fingerprint density at radius 2 is 2.11 bits per heavy atom. The van der Waals surface area contributed by atoms with Crippen LogP contribution >= 0.6 is 11.3 Å². The molecule has 0 amide bonds. The molecule has 1 N–H and O–H groups in total. The Bertz CT molecular complexity index is 405. The third-order valence-corrected chi connectivity index (χ3v) is 4.86. The number of nitrogens with zero attached hydrogens (tertiary/aromatic N) is 1. The second-order valence-corrected chi connectivity index (χ2v) is 6.51. The van der Waals surface area contributed by atoms with Crippen LogP contribution in [-0.4, -0.2) is 36.6 Å². The topological polar surface area (TPSA) is 43.4 Å². The minimum atomic E-state index is -0.232. The molecule has 0 atom stereocenters. The quantitative estimate of drug-likeness (QED) is 0.920. The molecule has 19 heavy (non-hydrogen) atoms. The zero-order chi connectivity index (χ0) is 13.1. The number of aromatic nitrogens is 1. The standard InChI is InChI=1S/C14H22N2O2S/c1-11-16-13(10-19-11)4-7-15-12-2-5-14(6-3-12)17-8-9-18-14/h10,12,15H,2-9H2,1H3. The van der Waals surface area contributed by atoms with Gasteiger partial charge in [0.05, 0.1) is 23.9 Å². The van der Waals surface area contributed by atoms with Gasteiger partial charge in [-0.25, -0.2) is 4.98 Å². The van der Waals surface area contributed by atoms with Crippen LogP contribution in [0.15, 0.2) is 5.38 Å². The van der Waals surface area contributed by atoms with Gasteiger partial charge in [0.25, 0.3) is 0 Å². The fourth-order valence-electron chi connectivity index (χ4n) is 2.97. The number of hydrogen-bond donors (Lipinski definition) is 1. The van der Waals surface area contributed by atoms with E-state index in [1.165, 1.54) is 5.69 Å². The van der Waals surface area contributed by atoms with Crippen molar-refractivity contribution in [2.75, 3.05) is 19.8 Å².